The van der Waals surface area contributed by atoms with E-state index in [1.165, 1.54) is 49.2 Å². The zero-order chi connectivity index (χ0) is 11.0. The van der Waals surface area contributed by atoms with Crippen LogP contribution in [-0.2, 0) is 0 Å². The second-order valence-corrected chi connectivity index (χ2v) is 5.99. The summed E-state index contributed by atoms with van der Waals surface area (Å²) in [6, 6.07) is 8.65. The van der Waals surface area contributed by atoms with E-state index in [0.29, 0.717) is 5.41 Å². The van der Waals surface area contributed by atoms with Gasteiger partial charge in [-0.3, -0.25) is 0 Å². The quantitative estimate of drug-likeness (QED) is 0.851. The Morgan fingerprint density at radius 2 is 2.25 bits per heavy atom. The molecule has 3 heteroatoms. The molecule has 1 unspecified atom stereocenters. The van der Waals surface area contributed by atoms with Crippen molar-refractivity contribution in [2.24, 2.45) is 5.41 Å². The van der Waals surface area contributed by atoms with Crippen LogP contribution in [0.4, 0.5) is 5.69 Å². The summed E-state index contributed by atoms with van der Waals surface area (Å²) in [5.74, 6) is 0. The average Bonchev–Trinajstić information content (AvgIpc) is 2.90. The van der Waals surface area contributed by atoms with Crippen LogP contribution in [0.15, 0.2) is 28.7 Å². The summed E-state index contributed by atoms with van der Waals surface area (Å²) in [4.78, 5) is 2.53. The molecule has 2 aliphatic rings. The number of hydrogen-bond donors (Lipinski definition) is 1. The number of nitrogens with one attached hydrogen (secondary N) is 1. The average molecular weight is 281 g/mol. The smallest absolute Gasteiger partial charge is 0.0377 e. The molecule has 86 valence electrons. The normalized spacial score (nSPS) is 29.2. The minimum Gasteiger partial charge on any atom is -0.371 e. The van der Waals surface area contributed by atoms with Crippen LogP contribution < -0.4 is 10.2 Å². The molecule has 1 N–H and O–H groups in total. The molecule has 0 amide bonds. The zero-order valence-corrected chi connectivity index (χ0v) is 11.0. The van der Waals surface area contributed by atoms with Crippen molar-refractivity contribution in [2.75, 3.05) is 31.1 Å². The van der Waals surface area contributed by atoms with Crippen molar-refractivity contribution in [3.05, 3.63) is 28.7 Å². The van der Waals surface area contributed by atoms with E-state index in [0.717, 1.165) is 0 Å². The van der Waals surface area contributed by atoms with Gasteiger partial charge in [0.15, 0.2) is 0 Å². The minimum atomic E-state index is 0.558. The second kappa shape index (κ2) is 4.04. The topological polar surface area (TPSA) is 15.3 Å². The van der Waals surface area contributed by atoms with Crippen LogP contribution in [0.3, 0.4) is 0 Å². The molecule has 0 aliphatic carbocycles. The minimum absolute atomic E-state index is 0.558. The standard InChI is InChI=1S/C13H17BrN2/c14-11-2-1-3-12(8-11)16-7-5-13(10-16)4-6-15-9-13/h1-3,8,15H,4-7,9-10H2. The third kappa shape index (κ3) is 1.87. The Morgan fingerprint density at radius 1 is 1.31 bits per heavy atom. The number of benzene rings is 1. The van der Waals surface area contributed by atoms with Crippen LogP contribution in [-0.4, -0.2) is 26.2 Å². The molecule has 0 aromatic heterocycles. The van der Waals surface area contributed by atoms with E-state index in [-0.39, 0.29) is 0 Å². The maximum Gasteiger partial charge on any atom is 0.0377 e. The lowest BCUT2D eigenvalue weighted by Crippen LogP contribution is -2.29. The molecule has 0 radical (unpaired) electrons. The summed E-state index contributed by atoms with van der Waals surface area (Å²) >= 11 is 3.55. The van der Waals surface area contributed by atoms with Crippen LogP contribution >= 0.6 is 15.9 Å². The monoisotopic (exact) mass is 280 g/mol. The molecule has 3 rings (SSSR count). The van der Waals surface area contributed by atoms with Crippen molar-refractivity contribution in [3.8, 4) is 0 Å². The van der Waals surface area contributed by atoms with Crippen molar-refractivity contribution in [1.29, 1.82) is 0 Å². The lowest BCUT2D eigenvalue weighted by Gasteiger charge is -2.24. The number of nitrogens with zero attached hydrogens (tertiary/aromatic N) is 1. The fourth-order valence-electron chi connectivity index (χ4n) is 2.97. The predicted octanol–water partition coefficient (Wildman–Crippen LogP) is 2.64. The molecule has 1 aromatic rings. The highest BCUT2D eigenvalue weighted by molar-refractivity contribution is 9.10. The van der Waals surface area contributed by atoms with Crippen LogP contribution in [0.1, 0.15) is 12.8 Å². The zero-order valence-electron chi connectivity index (χ0n) is 9.38. The number of rotatable bonds is 1. The first kappa shape index (κ1) is 10.6. The molecule has 0 bridgehead atoms. The lowest BCUT2D eigenvalue weighted by atomic mass is 9.86. The van der Waals surface area contributed by atoms with E-state index in [1.54, 1.807) is 0 Å². The van der Waals surface area contributed by atoms with Gasteiger partial charge < -0.3 is 10.2 Å². The highest BCUT2D eigenvalue weighted by Crippen LogP contribution is 2.38. The molecule has 2 aliphatic heterocycles. The Hall–Kier alpha value is -0.540. The van der Waals surface area contributed by atoms with Gasteiger partial charge in [-0.05, 0) is 37.6 Å². The van der Waals surface area contributed by atoms with Gasteiger partial charge in [0, 0.05) is 35.2 Å². The first-order chi connectivity index (χ1) is 7.77. The fraction of sp³-hybridized carbons (Fsp3) is 0.538. The van der Waals surface area contributed by atoms with E-state index < -0.39 is 0 Å². The summed E-state index contributed by atoms with van der Waals surface area (Å²) in [6.07, 6.45) is 2.68. The van der Waals surface area contributed by atoms with Gasteiger partial charge in [0.25, 0.3) is 0 Å². The molecule has 1 aromatic carbocycles. The maximum absolute atomic E-state index is 3.55. The van der Waals surface area contributed by atoms with Crippen LogP contribution in [0.5, 0.6) is 0 Å². The molecule has 1 spiro atoms. The van der Waals surface area contributed by atoms with Gasteiger partial charge in [-0.2, -0.15) is 0 Å². The summed E-state index contributed by atoms with van der Waals surface area (Å²) in [5.41, 5.74) is 1.92. The Labute approximate surface area is 105 Å². The molecule has 0 saturated carbocycles. The van der Waals surface area contributed by atoms with Gasteiger partial charge in [0.2, 0.25) is 0 Å². The van der Waals surface area contributed by atoms with E-state index >= 15 is 0 Å². The highest BCUT2D eigenvalue weighted by atomic mass is 79.9. The molecular weight excluding hydrogens is 264 g/mol. The molecular formula is C13H17BrN2. The molecule has 1 atom stereocenters. The highest BCUT2D eigenvalue weighted by Gasteiger charge is 2.40. The van der Waals surface area contributed by atoms with Gasteiger partial charge in [-0.1, -0.05) is 22.0 Å². The van der Waals surface area contributed by atoms with Crippen molar-refractivity contribution in [3.63, 3.8) is 0 Å². The van der Waals surface area contributed by atoms with Crippen LogP contribution in [0, 0.1) is 5.41 Å². The Kier molecular flexibility index (Phi) is 2.68. The van der Waals surface area contributed by atoms with E-state index in [1.807, 2.05) is 0 Å². The van der Waals surface area contributed by atoms with Crippen molar-refractivity contribution >= 4 is 21.6 Å². The SMILES string of the molecule is Brc1cccc(N2CCC3(CCNC3)C2)c1. The Morgan fingerprint density at radius 3 is 3.00 bits per heavy atom. The molecule has 2 saturated heterocycles. The Bertz CT molecular complexity index is 385. The van der Waals surface area contributed by atoms with Crippen molar-refractivity contribution in [2.45, 2.75) is 12.8 Å². The number of halogens is 1. The van der Waals surface area contributed by atoms with Crippen molar-refractivity contribution < 1.29 is 0 Å². The van der Waals surface area contributed by atoms with Crippen molar-refractivity contribution in [1.82, 2.24) is 5.32 Å². The lowest BCUT2D eigenvalue weighted by molar-refractivity contribution is 0.369. The maximum atomic E-state index is 3.55. The molecule has 2 heterocycles. The number of hydrogen-bond acceptors (Lipinski definition) is 2. The van der Waals surface area contributed by atoms with Crippen LogP contribution in [0.25, 0.3) is 0 Å². The Balaban J connectivity index is 1.78. The van der Waals surface area contributed by atoms with Gasteiger partial charge in [-0.15, -0.1) is 0 Å². The largest absolute Gasteiger partial charge is 0.371 e. The first-order valence-corrected chi connectivity index (χ1v) is 6.78. The molecule has 16 heavy (non-hydrogen) atoms. The molecule has 2 fully saturated rings. The van der Waals surface area contributed by atoms with E-state index in [9.17, 15) is 0 Å². The summed E-state index contributed by atoms with van der Waals surface area (Å²) in [5, 5.41) is 3.50. The third-order valence-corrected chi connectivity index (χ3v) is 4.44. The van der Waals surface area contributed by atoms with Crippen LogP contribution in [0.2, 0.25) is 0 Å². The third-order valence-electron chi connectivity index (χ3n) is 3.94. The van der Waals surface area contributed by atoms with Gasteiger partial charge in [0.1, 0.15) is 0 Å². The first-order valence-electron chi connectivity index (χ1n) is 5.99. The van der Waals surface area contributed by atoms with Gasteiger partial charge in [-0.25, -0.2) is 0 Å². The summed E-state index contributed by atoms with van der Waals surface area (Å²) in [6.45, 7) is 4.83. The van der Waals surface area contributed by atoms with E-state index in [2.05, 4.69) is 50.4 Å². The number of anilines is 1. The fourth-order valence-corrected chi connectivity index (χ4v) is 3.36. The van der Waals surface area contributed by atoms with E-state index in [4.69, 9.17) is 0 Å². The summed E-state index contributed by atoms with van der Waals surface area (Å²) < 4.78 is 1.18. The summed E-state index contributed by atoms with van der Waals surface area (Å²) in [7, 11) is 0. The predicted molar refractivity (Wildman–Crippen MR) is 70.9 cm³/mol. The molecule has 2 nitrogen and oxygen atoms in total. The van der Waals surface area contributed by atoms with Gasteiger partial charge in [0.05, 0.1) is 0 Å². The second-order valence-electron chi connectivity index (χ2n) is 5.08. The van der Waals surface area contributed by atoms with Gasteiger partial charge >= 0.3 is 0 Å².